The highest BCUT2D eigenvalue weighted by molar-refractivity contribution is 7.86. The van der Waals surface area contributed by atoms with Crippen molar-refractivity contribution >= 4 is 42.3 Å². The maximum Gasteiger partial charge on any atom is 0.296 e. The van der Waals surface area contributed by atoms with Gasteiger partial charge in [0.2, 0.25) is 0 Å². The topological polar surface area (TPSA) is 166 Å². The SMILES string of the molecule is O=S(=O)(O)c1ccc2[nH]c(-c3ccc(-c4nc5cccc(S(=O)(=O)O)c5[nH]4)cc3)nc2c1. The zero-order valence-corrected chi connectivity index (χ0v) is 17.6. The van der Waals surface area contributed by atoms with Gasteiger partial charge in [-0.15, -0.1) is 0 Å². The van der Waals surface area contributed by atoms with Crippen molar-refractivity contribution in [2.75, 3.05) is 0 Å². The van der Waals surface area contributed by atoms with Gasteiger partial charge in [0, 0.05) is 11.1 Å². The Morgan fingerprint density at radius 2 is 1.31 bits per heavy atom. The molecule has 0 aliphatic rings. The van der Waals surface area contributed by atoms with Gasteiger partial charge in [0.15, 0.2) is 0 Å². The number of nitrogens with one attached hydrogen (secondary N) is 2. The summed E-state index contributed by atoms with van der Waals surface area (Å²) in [7, 11) is -8.73. The molecule has 12 heteroatoms. The number of nitrogens with zero attached hydrogens (tertiary/aromatic N) is 2. The number of hydrogen-bond acceptors (Lipinski definition) is 6. The lowest BCUT2D eigenvalue weighted by Crippen LogP contribution is -1.98. The van der Waals surface area contributed by atoms with Crippen LogP contribution in [0.25, 0.3) is 44.8 Å². The molecular formula is C20H14N4O6S2. The minimum absolute atomic E-state index is 0.209. The van der Waals surface area contributed by atoms with Crippen molar-refractivity contribution in [1.29, 1.82) is 0 Å². The second-order valence-electron chi connectivity index (χ2n) is 7.03. The van der Waals surface area contributed by atoms with Gasteiger partial charge in [0.1, 0.15) is 16.5 Å². The summed E-state index contributed by atoms with van der Waals surface area (Å²) in [5.41, 5.74) is 2.98. The Labute approximate surface area is 181 Å². The van der Waals surface area contributed by atoms with Gasteiger partial charge in [-0.25, -0.2) is 9.97 Å². The Morgan fingerprint density at radius 3 is 1.94 bits per heavy atom. The molecule has 0 saturated carbocycles. The summed E-state index contributed by atoms with van der Waals surface area (Å²) in [6.45, 7) is 0. The van der Waals surface area contributed by atoms with Crippen molar-refractivity contribution in [2.45, 2.75) is 9.79 Å². The molecule has 10 nitrogen and oxygen atoms in total. The van der Waals surface area contributed by atoms with E-state index in [0.29, 0.717) is 39.3 Å². The zero-order chi connectivity index (χ0) is 22.7. The fraction of sp³-hybridized carbons (Fsp3) is 0. The maximum absolute atomic E-state index is 11.6. The third kappa shape index (κ3) is 3.54. The molecule has 0 saturated heterocycles. The molecule has 5 aromatic rings. The predicted octanol–water partition coefficient (Wildman–Crippen LogP) is 3.27. The maximum atomic E-state index is 11.6. The number of H-pyrrole nitrogens is 2. The number of aromatic amines is 2. The number of para-hydroxylation sites is 1. The van der Waals surface area contributed by atoms with Crippen LogP contribution < -0.4 is 0 Å². The number of fused-ring (bicyclic) bond motifs is 2. The normalized spacial score (nSPS) is 12.6. The van der Waals surface area contributed by atoms with E-state index in [1.54, 1.807) is 30.3 Å². The standard InChI is InChI=1S/C20H14N4O6S2/c25-31(26,27)13-8-9-14-16(10-13)23-19(21-14)11-4-6-12(7-5-11)20-22-15-2-1-3-17(18(15)24-20)32(28,29)30/h1-10H,(H,21,23)(H,22,24)(H,25,26,27)(H,28,29,30). The van der Waals surface area contributed by atoms with Crippen LogP contribution in [0.3, 0.4) is 0 Å². The van der Waals surface area contributed by atoms with Crippen LogP contribution in [0, 0.1) is 0 Å². The molecule has 2 aromatic heterocycles. The van der Waals surface area contributed by atoms with E-state index in [4.69, 9.17) is 0 Å². The summed E-state index contributed by atoms with van der Waals surface area (Å²) in [4.78, 5) is 14.3. The fourth-order valence-electron chi connectivity index (χ4n) is 3.43. The summed E-state index contributed by atoms with van der Waals surface area (Å²) < 4.78 is 64.5. The number of rotatable bonds is 4. The molecule has 0 aliphatic carbocycles. The van der Waals surface area contributed by atoms with Gasteiger partial charge < -0.3 is 9.97 Å². The van der Waals surface area contributed by atoms with Crippen LogP contribution in [0.5, 0.6) is 0 Å². The molecular weight excluding hydrogens is 456 g/mol. The smallest absolute Gasteiger partial charge is 0.296 e. The van der Waals surface area contributed by atoms with E-state index in [1.807, 2.05) is 0 Å². The molecule has 0 radical (unpaired) electrons. The predicted molar refractivity (Wildman–Crippen MR) is 116 cm³/mol. The second kappa shape index (κ2) is 6.97. The Hall–Kier alpha value is -3.58. The Morgan fingerprint density at radius 1 is 0.688 bits per heavy atom. The van der Waals surface area contributed by atoms with E-state index in [0.717, 1.165) is 0 Å². The van der Waals surface area contributed by atoms with E-state index in [1.165, 1.54) is 30.3 Å². The number of aromatic nitrogens is 4. The summed E-state index contributed by atoms with van der Waals surface area (Å²) in [6.07, 6.45) is 0. The average Bonchev–Trinajstić information content (AvgIpc) is 3.36. The third-order valence-electron chi connectivity index (χ3n) is 4.94. The molecule has 32 heavy (non-hydrogen) atoms. The van der Waals surface area contributed by atoms with Gasteiger partial charge in [-0.3, -0.25) is 9.11 Å². The van der Waals surface area contributed by atoms with Crippen molar-refractivity contribution < 1.29 is 25.9 Å². The van der Waals surface area contributed by atoms with Gasteiger partial charge in [-0.05, 0) is 30.3 Å². The van der Waals surface area contributed by atoms with E-state index < -0.39 is 20.2 Å². The number of benzene rings is 3. The van der Waals surface area contributed by atoms with Crippen molar-refractivity contribution in [2.24, 2.45) is 0 Å². The molecule has 0 spiro atoms. The van der Waals surface area contributed by atoms with Crippen molar-refractivity contribution in [3.05, 3.63) is 60.7 Å². The monoisotopic (exact) mass is 470 g/mol. The zero-order valence-electron chi connectivity index (χ0n) is 16.0. The van der Waals surface area contributed by atoms with Crippen molar-refractivity contribution in [3.8, 4) is 22.8 Å². The lowest BCUT2D eigenvalue weighted by molar-refractivity contribution is 0.481. The number of hydrogen-bond donors (Lipinski definition) is 4. The summed E-state index contributed by atoms with van der Waals surface area (Å²) >= 11 is 0. The Balaban J connectivity index is 1.52. The lowest BCUT2D eigenvalue weighted by Gasteiger charge is -2.00. The van der Waals surface area contributed by atoms with Gasteiger partial charge in [0.05, 0.1) is 27.0 Å². The molecule has 2 heterocycles. The summed E-state index contributed by atoms with van der Waals surface area (Å²) in [5, 5.41) is 0. The van der Waals surface area contributed by atoms with Crippen molar-refractivity contribution in [3.63, 3.8) is 0 Å². The highest BCUT2D eigenvalue weighted by Gasteiger charge is 2.17. The molecule has 3 aromatic carbocycles. The molecule has 0 atom stereocenters. The Bertz CT molecular complexity index is 1720. The quantitative estimate of drug-likeness (QED) is 0.290. The van der Waals surface area contributed by atoms with Gasteiger partial charge in [-0.1, -0.05) is 30.3 Å². The van der Waals surface area contributed by atoms with Crippen molar-refractivity contribution in [1.82, 2.24) is 19.9 Å². The fourth-order valence-corrected chi connectivity index (χ4v) is 4.59. The molecule has 162 valence electrons. The van der Waals surface area contributed by atoms with Gasteiger partial charge in [-0.2, -0.15) is 16.8 Å². The number of imidazole rings is 2. The van der Waals surface area contributed by atoms with Crippen LogP contribution in [0.2, 0.25) is 0 Å². The molecule has 0 fully saturated rings. The highest BCUT2D eigenvalue weighted by Crippen LogP contribution is 2.28. The summed E-state index contributed by atoms with van der Waals surface area (Å²) in [6, 6.07) is 15.6. The average molecular weight is 470 g/mol. The minimum atomic E-state index is -4.40. The van der Waals surface area contributed by atoms with Crippen LogP contribution in [-0.2, 0) is 20.2 Å². The minimum Gasteiger partial charge on any atom is -0.338 e. The van der Waals surface area contributed by atoms with Crippen LogP contribution >= 0.6 is 0 Å². The molecule has 5 rings (SSSR count). The first kappa shape index (κ1) is 20.3. The van der Waals surface area contributed by atoms with E-state index in [2.05, 4.69) is 19.9 Å². The molecule has 4 N–H and O–H groups in total. The molecule has 0 bridgehead atoms. The lowest BCUT2D eigenvalue weighted by atomic mass is 10.1. The van der Waals surface area contributed by atoms with E-state index in [-0.39, 0.29) is 15.3 Å². The second-order valence-corrected chi connectivity index (χ2v) is 9.84. The van der Waals surface area contributed by atoms with Crippen LogP contribution in [0.4, 0.5) is 0 Å². The Kier molecular flexibility index (Phi) is 4.43. The van der Waals surface area contributed by atoms with Gasteiger partial charge >= 0.3 is 0 Å². The first-order valence-electron chi connectivity index (χ1n) is 9.14. The molecule has 0 amide bonds. The van der Waals surface area contributed by atoms with Gasteiger partial charge in [0.25, 0.3) is 20.2 Å². The van der Waals surface area contributed by atoms with E-state index >= 15 is 0 Å². The first-order valence-corrected chi connectivity index (χ1v) is 12.0. The largest absolute Gasteiger partial charge is 0.338 e. The van der Waals surface area contributed by atoms with Crippen LogP contribution in [0.1, 0.15) is 0 Å². The first-order chi connectivity index (χ1) is 15.1. The third-order valence-corrected chi connectivity index (χ3v) is 6.69. The van der Waals surface area contributed by atoms with Crippen LogP contribution in [-0.4, -0.2) is 45.9 Å². The summed E-state index contributed by atoms with van der Waals surface area (Å²) in [5.74, 6) is 0.919. The van der Waals surface area contributed by atoms with Crippen LogP contribution in [0.15, 0.2) is 70.5 Å². The van der Waals surface area contributed by atoms with E-state index in [9.17, 15) is 25.9 Å². The molecule has 0 unspecified atom stereocenters. The molecule has 0 aliphatic heterocycles. The highest BCUT2D eigenvalue weighted by atomic mass is 32.2.